The predicted octanol–water partition coefficient (Wildman–Crippen LogP) is -0.547. The molecule has 19 heavy (non-hydrogen) atoms. The van der Waals surface area contributed by atoms with E-state index in [4.69, 9.17) is 10.9 Å². The summed E-state index contributed by atoms with van der Waals surface area (Å²) in [5.74, 6) is 0.381. The lowest BCUT2D eigenvalue weighted by atomic mass is 10.2. The Labute approximate surface area is 111 Å². The molecule has 0 saturated carbocycles. The third-order valence-electron chi connectivity index (χ3n) is 3.02. The molecule has 1 aliphatic heterocycles. The van der Waals surface area contributed by atoms with Crippen molar-refractivity contribution in [2.45, 2.75) is 19.0 Å². The second kappa shape index (κ2) is 5.54. The van der Waals surface area contributed by atoms with E-state index in [-0.39, 0.29) is 23.4 Å². The number of sulfone groups is 1. The molecule has 7 nitrogen and oxygen atoms in total. The molecule has 2 heterocycles. The maximum atomic E-state index is 11.3. The number of rotatable bonds is 4. The average Bonchev–Trinajstić information content (AvgIpc) is 2.75. The highest BCUT2D eigenvalue weighted by Gasteiger charge is 2.27. The van der Waals surface area contributed by atoms with E-state index in [1.165, 1.54) is 0 Å². The minimum atomic E-state index is -2.87. The average molecular weight is 284 g/mol. The van der Waals surface area contributed by atoms with Crippen LogP contribution in [0.4, 0.5) is 0 Å². The molecule has 104 valence electrons. The molecule has 0 aliphatic carbocycles. The van der Waals surface area contributed by atoms with Gasteiger partial charge in [-0.2, -0.15) is 0 Å². The van der Waals surface area contributed by atoms with Crippen LogP contribution in [0.5, 0.6) is 0 Å². The van der Waals surface area contributed by atoms with Crippen molar-refractivity contribution in [3.8, 4) is 0 Å². The predicted molar refractivity (Wildman–Crippen MR) is 70.6 cm³/mol. The van der Waals surface area contributed by atoms with Gasteiger partial charge in [0.25, 0.3) is 0 Å². The van der Waals surface area contributed by atoms with E-state index >= 15 is 0 Å². The van der Waals surface area contributed by atoms with Gasteiger partial charge >= 0.3 is 0 Å². The van der Waals surface area contributed by atoms with Crippen molar-refractivity contribution in [2.24, 2.45) is 10.9 Å². The van der Waals surface area contributed by atoms with Gasteiger partial charge < -0.3 is 16.3 Å². The Bertz CT molecular complexity index is 585. The first kappa shape index (κ1) is 13.8. The molecular formula is C11H16N4O3S. The summed E-state index contributed by atoms with van der Waals surface area (Å²) < 4.78 is 22.6. The van der Waals surface area contributed by atoms with Gasteiger partial charge in [0.1, 0.15) is 5.69 Å². The standard InChI is InChI=1S/C11H16N4O3S/c12-11(15-16)10-5-8(1-3-13-10)6-14-9-2-4-19(17,18)7-9/h1,3,5,9,14,16H,2,4,6-7H2,(H2,12,15). The monoisotopic (exact) mass is 284 g/mol. The quantitative estimate of drug-likeness (QED) is 0.295. The molecule has 0 aromatic carbocycles. The molecule has 0 radical (unpaired) electrons. The SMILES string of the molecule is NC(=NO)c1cc(CNC2CCS(=O)(=O)C2)ccn1. The van der Waals surface area contributed by atoms with E-state index in [9.17, 15) is 8.42 Å². The lowest BCUT2D eigenvalue weighted by Crippen LogP contribution is -2.29. The lowest BCUT2D eigenvalue weighted by Gasteiger charge is -2.10. The summed E-state index contributed by atoms with van der Waals surface area (Å²) in [6.07, 6.45) is 2.20. The van der Waals surface area contributed by atoms with Crippen LogP contribution in [0.1, 0.15) is 17.7 Å². The summed E-state index contributed by atoms with van der Waals surface area (Å²) in [7, 11) is -2.87. The number of oxime groups is 1. The second-order valence-electron chi connectivity index (χ2n) is 4.52. The van der Waals surface area contributed by atoms with Gasteiger partial charge in [-0.05, 0) is 24.1 Å². The van der Waals surface area contributed by atoms with Gasteiger partial charge in [-0.15, -0.1) is 0 Å². The van der Waals surface area contributed by atoms with Crippen LogP contribution >= 0.6 is 0 Å². The van der Waals surface area contributed by atoms with Crippen molar-refractivity contribution in [3.05, 3.63) is 29.6 Å². The first-order valence-corrected chi connectivity index (χ1v) is 7.69. The maximum Gasteiger partial charge on any atom is 0.188 e. The number of amidine groups is 1. The van der Waals surface area contributed by atoms with Crippen LogP contribution in [0.3, 0.4) is 0 Å². The molecule has 4 N–H and O–H groups in total. The van der Waals surface area contributed by atoms with Gasteiger partial charge in [0.05, 0.1) is 11.5 Å². The number of nitrogens with zero attached hydrogens (tertiary/aromatic N) is 2. The van der Waals surface area contributed by atoms with E-state index in [2.05, 4.69) is 15.5 Å². The Kier molecular flexibility index (Phi) is 4.01. The summed E-state index contributed by atoms with van der Waals surface area (Å²) in [4.78, 5) is 3.97. The Hall–Kier alpha value is -1.67. The molecule has 0 amide bonds. The lowest BCUT2D eigenvalue weighted by molar-refractivity contribution is 0.318. The van der Waals surface area contributed by atoms with Crippen molar-refractivity contribution in [1.82, 2.24) is 10.3 Å². The summed E-state index contributed by atoms with van der Waals surface area (Å²) in [5.41, 5.74) is 6.75. The second-order valence-corrected chi connectivity index (χ2v) is 6.74. The fourth-order valence-corrected chi connectivity index (χ4v) is 3.70. The highest BCUT2D eigenvalue weighted by Crippen LogP contribution is 2.12. The van der Waals surface area contributed by atoms with Gasteiger partial charge in [-0.25, -0.2) is 8.42 Å². The molecule has 1 aromatic rings. The molecule has 8 heteroatoms. The van der Waals surface area contributed by atoms with Crippen molar-refractivity contribution in [2.75, 3.05) is 11.5 Å². The number of nitrogens with one attached hydrogen (secondary N) is 1. The molecule has 1 saturated heterocycles. The van der Waals surface area contributed by atoms with Crippen LogP contribution < -0.4 is 11.1 Å². The van der Waals surface area contributed by atoms with Crippen molar-refractivity contribution >= 4 is 15.7 Å². The fourth-order valence-electron chi connectivity index (χ4n) is 1.99. The molecule has 0 spiro atoms. The maximum absolute atomic E-state index is 11.3. The van der Waals surface area contributed by atoms with E-state index in [0.29, 0.717) is 18.7 Å². The van der Waals surface area contributed by atoms with Crippen LogP contribution in [0.15, 0.2) is 23.5 Å². The molecule has 1 fully saturated rings. The number of pyridine rings is 1. The Balaban J connectivity index is 1.97. The Morgan fingerprint density at radius 2 is 2.42 bits per heavy atom. The zero-order valence-electron chi connectivity index (χ0n) is 10.3. The number of aromatic nitrogens is 1. The first-order valence-electron chi connectivity index (χ1n) is 5.87. The number of hydrogen-bond donors (Lipinski definition) is 3. The van der Waals surface area contributed by atoms with Gasteiger partial charge in [-0.1, -0.05) is 5.16 Å². The van der Waals surface area contributed by atoms with Crippen LogP contribution in [0.2, 0.25) is 0 Å². The van der Waals surface area contributed by atoms with Gasteiger partial charge in [0.2, 0.25) is 0 Å². The summed E-state index contributed by atoms with van der Waals surface area (Å²) >= 11 is 0. The third-order valence-corrected chi connectivity index (χ3v) is 4.79. The normalized spacial score (nSPS) is 22.5. The molecule has 2 rings (SSSR count). The van der Waals surface area contributed by atoms with Crippen molar-refractivity contribution in [3.63, 3.8) is 0 Å². The van der Waals surface area contributed by atoms with Crippen LogP contribution in [0.25, 0.3) is 0 Å². The topological polar surface area (TPSA) is 118 Å². The Morgan fingerprint density at radius 3 is 3.05 bits per heavy atom. The fraction of sp³-hybridized carbons (Fsp3) is 0.455. The number of hydrogen-bond acceptors (Lipinski definition) is 6. The highest BCUT2D eigenvalue weighted by molar-refractivity contribution is 7.91. The summed E-state index contributed by atoms with van der Waals surface area (Å²) in [6.45, 7) is 0.522. The van der Waals surface area contributed by atoms with E-state index < -0.39 is 9.84 Å². The number of nitrogens with two attached hydrogens (primary N) is 1. The third kappa shape index (κ3) is 3.65. The molecule has 1 aromatic heterocycles. The van der Waals surface area contributed by atoms with E-state index in [1.54, 1.807) is 18.3 Å². The zero-order valence-corrected chi connectivity index (χ0v) is 11.1. The molecule has 1 aliphatic rings. The minimum absolute atomic E-state index is 0.00882. The van der Waals surface area contributed by atoms with Gasteiger partial charge in [-0.3, -0.25) is 4.98 Å². The summed E-state index contributed by atoms with van der Waals surface area (Å²) in [6, 6.07) is 3.49. The van der Waals surface area contributed by atoms with Crippen molar-refractivity contribution in [1.29, 1.82) is 0 Å². The van der Waals surface area contributed by atoms with Crippen molar-refractivity contribution < 1.29 is 13.6 Å². The van der Waals surface area contributed by atoms with Gasteiger partial charge in [0.15, 0.2) is 15.7 Å². The first-order chi connectivity index (χ1) is 9.00. The van der Waals surface area contributed by atoms with Gasteiger partial charge in [0, 0.05) is 18.8 Å². The minimum Gasteiger partial charge on any atom is -0.409 e. The van der Waals surface area contributed by atoms with E-state index in [0.717, 1.165) is 5.56 Å². The molecular weight excluding hydrogens is 268 g/mol. The zero-order chi connectivity index (χ0) is 13.9. The van der Waals surface area contributed by atoms with Crippen LogP contribution in [0, 0.1) is 0 Å². The Morgan fingerprint density at radius 1 is 1.63 bits per heavy atom. The highest BCUT2D eigenvalue weighted by atomic mass is 32.2. The molecule has 1 atom stereocenters. The summed E-state index contributed by atoms with van der Waals surface area (Å²) in [5, 5.41) is 14.7. The molecule has 1 unspecified atom stereocenters. The van der Waals surface area contributed by atoms with E-state index in [1.807, 2.05) is 0 Å². The van der Waals surface area contributed by atoms with Crippen LogP contribution in [-0.2, 0) is 16.4 Å². The van der Waals surface area contributed by atoms with Crippen LogP contribution in [-0.4, -0.2) is 42.0 Å². The molecule has 0 bridgehead atoms. The smallest absolute Gasteiger partial charge is 0.188 e. The largest absolute Gasteiger partial charge is 0.409 e.